The number of fused-ring (bicyclic) bond motifs is 3. The molecule has 1 saturated heterocycles. The lowest BCUT2D eigenvalue weighted by molar-refractivity contribution is -0.152. The van der Waals surface area contributed by atoms with Gasteiger partial charge in [-0.25, -0.2) is 13.2 Å². The monoisotopic (exact) mass is 780 g/mol. The zero-order valence-corrected chi connectivity index (χ0v) is 32.5. The van der Waals surface area contributed by atoms with Crippen LogP contribution in [0.5, 0.6) is 0 Å². The van der Waals surface area contributed by atoms with E-state index in [0.717, 1.165) is 48.4 Å². The summed E-state index contributed by atoms with van der Waals surface area (Å²) in [7, 11) is -3.90. The van der Waals surface area contributed by atoms with E-state index >= 15 is 0 Å². The van der Waals surface area contributed by atoms with Crippen LogP contribution in [0.25, 0.3) is 0 Å². The predicted octanol–water partition coefficient (Wildman–Crippen LogP) is 3.47. The smallest absolute Gasteiger partial charge is 0.410 e. The third-order valence-corrected chi connectivity index (χ3v) is 13.5. The van der Waals surface area contributed by atoms with E-state index in [1.807, 2.05) is 26.0 Å². The van der Waals surface area contributed by atoms with E-state index in [4.69, 9.17) is 9.47 Å². The highest BCUT2D eigenvalue weighted by Gasteiger charge is 2.61. The normalized spacial score (nSPS) is 28.4. The van der Waals surface area contributed by atoms with Gasteiger partial charge in [-0.1, -0.05) is 51.1 Å². The highest BCUT2D eigenvalue weighted by molar-refractivity contribution is 7.90. The van der Waals surface area contributed by atoms with Crippen molar-refractivity contribution in [3.63, 3.8) is 0 Å². The average Bonchev–Trinajstić information content (AvgIpc) is 4.04. The van der Waals surface area contributed by atoms with Gasteiger partial charge in [-0.3, -0.25) is 33.6 Å². The van der Waals surface area contributed by atoms with E-state index in [-0.39, 0.29) is 44.4 Å². The number of ether oxygens (including phenoxy) is 2. The van der Waals surface area contributed by atoms with Crippen LogP contribution in [0.3, 0.4) is 0 Å². The van der Waals surface area contributed by atoms with Gasteiger partial charge in [-0.2, -0.15) is 0 Å². The molecule has 2 aliphatic carbocycles. The van der Waals surface area contributed by atoms with Crippen LogP contribution in [0.15, 0.2) is 43.5 Å². The molecule has 14 nitrogen and oxygen atoms in total. The Morgan fingerprint density at radius 2 is 1.80 bits per heavy atom. The second kappa shape index (κ2) is 15.9. The van der Waals surface area contributed by atoms with Crippen molar-refractivity contribution in [2.24, 2.45) is 22.7 Å². The zero-order valence-electron chi connectivity index (χ0n) is 31.7. The summed E-state index contributed by atoms with van der Waals surface area (Å²) in [6, 6.07) is 4.87. The van der Waals surface area contributed by atoms with Crippen molar-refractivity contribution in [1.29, 1.82) is 0 Å². The highest BCUT2D eigenvalue weighted by Crippen LogP contribution is 2.57. The molecule has 55 heavy (non-hydrogen) atoms. The summed E-state index contributed by atoms with van der Waals surface area (Å²) in [5.74, 6) is -4.79. The lowest BCUT2D eigenvalue weighted by atomic mass is 9.87. The van der Waals surface area contributed by atoms with Gasteiger partial charge in [0, 0.05) is 32.5 Å². The minimum Gasteiger partial charge on any atom is -0.465 e. The van der Waals surface area contributed by atoms with E-state index in [0.29, 0.717) is 25.9 Å². The van der Waals surface area contributed by atoms with Gasteiger partial charge in [-0.15, -0.1) is 6.58 Å². The number of benzene rings is 1. The molecular weight excluding hydrogens is 729 g/mol. The molecule has 0 radical (unpaired) electrons. The first-order valence-electron chi connectivity index (χ1n) is 19.2. The summed E-state index contributed by atoms with van der Waals surface area (Å²) < 4.78 is 39.3. The first kappa shape index (κ1) is 40.1. The fraction of sp³-hybridized carbons (Fsp3) is 0.600. The number of hydrogen-bond donors (Lipinski definition) is 2. The number of sulfonamides is 1. The molecule has 0 aromatic heterocycles. The van der Waals surface area contributed by atoms with E-state index in [9.17, 15) is 37.2 Å². The van der Waals surface area contributed by atoms with E-state index < -0.39 is 86.7 Å². The molecule has 15 heteroatoms. The molecule has 3 aliphatic heterocycles. The Morgan fingerprint density at radius 1 is 1.05 bits per heavy atom. The second-order valence-electron chi connectivity index (χ2n) is 16.6. The number of esters is 1. The van der Waals surface area contributed by atoms with Crippen LogP contribution in [0.4, 0.5) is 4.79 Å². The molecule has 2 N–H and O–H groups in total. The second-order valence-corrected chi connectivity index (χ2v) is 18.5. The van der Waals surface area contributed by atoms with Gasteiger partial charge in [0.2, 0.25) is 27.7 Å². The number of amides is 4. The van der Waals surface area contributed by atoms with E-state index in [2.05, 4.69) is 29.3 Å². The molecule has 3 fully saturated rings. The fourth-order valence-electron chi connectivity index (χ4n) is 8.12. The molecule has 4 amide bonds. The Hall–Kier alpha value is -4.53. The van der Waals surface area contributed by atoms with Crippen molar-refractivity contribution in [3.8, 4) is 0 Å². The summed E-state index contributed by atoms with van der Waals surface area (Å²) in [5, 5.41) is 1.93. The number of Topliss-reactive ketones (excluding diaryl/α,β-unsaturated/α-hetero) is 1. The molecule has 1 aromatic rings. The molecule has 4 bridgehead atoms. The summed E-state index contributed by atoms with van der Waals surface area (Å²) in [6.45, 7) is 11.6. The summed E-state index contributed by atoms with van der Waals surface area (Å²) >= 11 is 0. The molecule has 1 aromatic carbocycles. The number of ketones is 1. The van der Waals surface area contributed by atoms with Crippen molar-refractivity contribution in [3.05, 3.63) is 60.2 Å². The van der Waals surface area contributed by atoms with Crippen LogP contribution >= 0.6 is 0 Å². The Labute approximate surface area is 322 Å². The number of rotatable bonds is 10. The molecule has 6 rings (SSSR count). The Balaban J connectivity index is 1.28. The first-order valence-corrected chi connectivity index (χ1v) is 20.7. The molecule has 3 heterocycles. The summed E-state index contributed by atoms with van der Waals surface area (Å²) in [6.07, 6.45) is 4.66. The third kappa shape index (κ3) is 9.13. The molecule has 2 saturated carbocycles. The van der Waals surface area contributed by atoms with Gasteiger partial charge >= 0.3 is 12.1 Å². The van der Waals surface area contributed by atoms with Crippen molar-refractivity contribution in [2.75, 3.05) is 19.7 Å². The minimum absolute atomic E-state index is 0.0798. The quantitative estimate of drug-likeness (QED) is 0.202. The lowest BCUT2D eigenvalue weighted by Gasteiger charge is -2.29. The summed E-state index contributed by atoms with van der Waals surface area (Å²) in [4.78, 5) is 84.4. The van der Waals surface area contributed by atoms with Crippen molar-refractivity contribution < 1.29 is 46.7 Å². The molecule has 298 valence electrons. The van der Waals surface area contributed by atoms with Gasteiger partial charge in [0.1, 0.15) is 6.10 Å². The molecule has 5 atom stereocenters. The van der Waals surface area contributed by atoms with Crippen LogP contribution in [0.1, 0.15) is 88.3 Å². The number of cyclic esters (lactones) is 1. The third-order valence-electron chi connectivity index (χ3n) is 11.7. The topological polar surface area (TPSA) is 186 Å². The number of allylic oxidation sites excluding steroid dienone is 1. The number of hydrogen-bond acceptors (Lipinski definition) is 10. The van der Waals surface area contributed by atoms with Crippen LogP contribution < -0.4 is 10.0 Å². The number of carbonyl (C=O) groups is 6. The predicted molar refractivity (Wildman–Crippen MR) is 200 cm³/mol. The largest absolute Gasteiger partial charge is 0.465 e. The highest BCUT2D eigenvalue weighted by atomic mass is 32.2. The molecule has 0 spiro atoms. The van der Waals surface area contributed by atoms with Crippen molar-refractivity contribution in [1.82, 2.24) is 19.8 Å². The molecule has 0 unspecified atom stereocenters. The maximum Gasteiger partial charge on any atom is 0.410 e. The minimum atomic E-state index is -3.90. The van der Waals surface area contributed by atoms with Crippen LogP contribution in [-0.2, 0) is 63.0 Å². The van der Waals surface area contributed by atoms with Crippen molar-refractivity contribution >= 4 is 45.6 Å². The summed E-state index contributed by atoms with van der Waals surface area (Å²) in [5.41, 5.74) is 1.54. The fourth-order valence-corrected chi connectivity index (χ4v) is 9.50. The number of nitrogens with zero attached hydrogens (tertiary/aromatic N) is 2. The van der Waals surface area contributed by atoms with Gasteiger partial charge in [0.05, 0.1) is 42.2 Å². The van der Waals surface area contributed by atoms with Gasteiger partial charge in [0.25, 0.3) is 0 Å². The molecular formula is C40H52N4O10S. The zero-order chi connectivity index (χ0) is 39.7. The Bertz CT molecular complexity index is 1870. The van der Waals surface area contributed by atoms with Gasteiger partial charge in [-0.05, 0) is 72.6 Å². The first-order chi connectivity index (χ1) is 26.1. The number of carbonyl (C=O) groups excluding carboxylic acids is 6. The number of nitrogens with one attached hydrogen (secondary N) is 2. The maximum absolute atomic E-state index is 14.5. The van der Waals surface area contributed by atoms with E-state index in [1.165, 1.54) is 11.0 Å². The average molecular weight is 781 g/mol. The number of aryl methyl sites for hydroxylation is 1. The standard InChI is InChI=1S/C40H52N4O10S/c1-5-28-18-40(28,37(49)42-55(51,52)30-13-14-30)19-33(45)32-17-29-22-44(32)36(48)27(20-41-34(46)6-2)16-35(47)53-24-39(3,4)15-8-7-10-25-11-9-12-26-21-43(23-31(25)26)38(50)54-29/h5-6,9,11-12,27-30,32H,1-2,7-8,10,13-24H2,3-4H3,(H,41,46)(H,42,49)/t27-,28+,29+,32-,40+/m0/s1. The Kier molecular flexibility index (Phi) is 11.6. The van der Waals surface area contributed by atoms with Gasteiger partial charge < -0.3 is 19.7 Å². The molecule has 5 aliphatic rings. The Morgan fingerprint density at radius 3 is 2.49 bits per heavy atom. The van der Waals surface area contributed by atoms with Crippen molar-refractivity contribution in [2.45, 2.75) is 109 Å². The van der Waals surface area contributed by atoms with Gasteiger partial charge in [0.15, 0.2) is 5.78 Å². The van der Waals surface area contributed by atoms with E-state index in [1.54, 1.807) is 4.90 Å². The van der Waals surface area contributed by atoms with Crippen LogP contribution in [0, 0.1) is 22.7 Å². The maximum atomic E-state index is 14.5. The SMILES string of the molecule is C=CC(=O)NC[C@@H]1CC(=O)OCC(C)(C)CCCCc2cccc3c2CN(C3)C(=O)O[C@@H]2C[C@@H](C(=O)C[C@]3(C(=O)NS(=O)(=O)C4CC4)C[C@H]3C=C)N(C2)C1=O. The van der Waals surface area contributed by atoms with Crippen LogP contribution in [-0.4, -0.2) is 90.9 Å². The van der Waals surface area contributed by atoms with Crippen LogP contribution in [0.2, 0.25) is 0 Å². The lowest BCUT2D eigenvalue weighted by Crippen LogP contribution is -2.48.